The number of carbonyl (C=O) groups excluding carboxylic acids is 1. The average molecular weight is 322 g/mol. The Morgan fingerprint density at radius 3 is 2.91 bits per heavy atom. The van der Waals surface area contributed by atoms with Crippen molar-refractivity contribution in [1.82, 2.24) is 15.2 Å². The van der Waals surface area contributed by atoms with Crippen molar-refractivity contribution < 1.29 is 4.79 Å². The molecule has 1 aliphatic heterocycles. The topological polar surface area (TPSA) is 63.1 Å². The second-order valence-electron chi connectivity index (χ2n) is 5.44. The molecule has 2 N–H and O–H groups in total. The first-order valence-electron chi connectivity index (χ1n) is 7.32. The van der Waals surface area contributed by atoms with Crippen LogP contribution in [0.25, 0.3) is 10.9 Å². The molecule has 1 aromatic heterocycles. The molecule has 0 aliphatic carbocycles. The zero-order chi connectivity index (χ0) is 14.7. The molecule has 0 saturated carbocycles. The summed E-state index contributed by atoms with van der Waals surface area (Å²) < 4.78 is 1.82. The summed E-state index contributed by atoms with van der Waals surface area (Å²) in [7, 11) is 0. The first-order valence-corrected chi connectivity index (χ1v) is 7.32. The molecule has 1 aromatic carbocycles. The van der Waals surface area contributed by atoms with Gasteiger partial charge in [-0.3, -0.25) is 9.59 Å². The van der Waals surface area contributed by atoms with E-state index in [1.165, 1.54) is 6.07 Å². The molecule has 22 heavy (non-hydrogen) atoms. The summed E-state index contributed by atoms with van der Waals surface area (Å²) in [6.45, 7) is 2.09. The molecule has 2 heterocycles. The molecule has 118 valence electrons. The highest BCUT2D eigenvalue weighted by molar-refractivity contribution is 5.85. The monoisotopic (exact) mass is 321 g/mol. The van der Waals surface area contributed by atoms with Crippen LogP contribution < -0.4 is 16.1 Å². The molecular weight excluding hydrogens is 302 g/mol. The fourth-order valence-corrected chi connectivity index (χ4v) is 2.80. The lowest BCUT2D eigenvalue weighted by Gasteiger charge is -2.24. The van der Waals surface area contributed by atoms with Crippen molar-refractivity contribution in [2.45, 2.75) is 25.4 Å². The number of nitrogens with one attached hydrogen (secondary N) is 2. The normalized spacial score (nSPS) is 17.7. The van der Waals surface area contributed by atoms with E-state index in [4.69, 9.17) is 0 Å². The molecule has 5 nitrogen and oxygen atoms in total. The van der Waals surface area contributed by atoms with E-state index < -0.39 is 0 Å². The number of halogens is 1. The van der Waals surface area contributed by atoms with Crippen LogP contribution in [-0.4, -0.2) is 29.6 Å². The van der Waals surface area contributed by atoms with Gasteiger partial charge in [0, 0.05) is 30.2 Å². The number of benzene rings is 1. The van der Waals surface area contributed by atoms with Gasteiger partial charge < -0.3 is 15.2 Å². The summed E-state index contributed by atoms with van der Waals surface area (Å²) in [6.07, 6.45) is 3.79. The largest absolute Gasteiger partial charge is 0.351 e. The van der Waals surface area contributed by atoms with Crippen molar-refractivity contribution in [3.8, 4) is 0 Å². The van der Waals surface area contributed by atoms with Crippen molar-refractivity contribution in [3.63, 3.8) is 0 Å². The quantitative estimate of drug-likeness (QED) is 0.895. The van der Waals surface area contributed by atoms with E-state index in [9.17, 15) is 9.59 Å². The predicted octanol–water partition coefficient (Wildman–Crippen LogP) is 1.29. The summed E-state index contributed by atoms with van der Waals surface area (Å²) in [5.41, 5.74) is 0.778. The van der Waals surface area contributed by atoms with Crippen molar-refractivity contribution in [1.29, 1.82) is 0 Å². The highest BCUT2D eigenvalue weighted by atomic mass is 35.5. The molecule has 0 radical (unpaired) electrons. The van der Waals surface area contributed by atoms with Gasteiger partial charge in [0.25, 0.3) is 0 Å². The Morgan fingerprint density at radius 1 is 1.32 bits per heavy atom. The number of hydrogen-bond donors (Lipinski definition) is 2. The minimum absolute atomic E-state index is 0. The zero-order valence-corrected chi connectivity index (χ0v) is 13.1. The molecule has 1 atom stereocenters. The minimum atomic E-state index is -0.0162. The van der Waals surface area contributed by atoms with Gasteiger partial charge in [-0.25, -0.2) is 0 Å². The third-order valence-electron chi connectivity index (χ3n) is 3.86. The van der Waals surface area contributed by atoms with E-state index in [0.29, 0.717) is 5.39 Å². The van der Waals surface area contributed by atoms with Crippen LogP contribution in [0.5, 0.6) is 0 Å². The van der Waals surface area contributed by atoms with Crippen LogP contribution in [0.3, 0.4) is 0 Å². The maximum absolute atomic E-state index is 12.2. The van der Waals surface area contributed by atoms with E-state index in [2.05, 4.69) is 10.6 Å². The maximum Gasteiger partial charge on any atom is 0.240 e. The number of nitrogens with zero attached hydrogens (tertiary/aromatic N) is 1. The number of rotatable bonds is 3. The highest BCUT2D eigenvalue weighted by Gasteiger charge is 2.15. The van der Waals surface area contributed by atoms with Crippen LogP contribution in [0, 0.1) is 0 Å². The number of para-hydroxylation sites is 1. The number of fused-ring (bicyclic) bond motifs is 1. The number of pyridine rings is 1. The van der Waals surface area contributed by atoms with Gasteiger partial charge >= 0.3 is 0 Å². The Labute approximate surface area is 135 Å². The van der Waals surface area contributed by atoms with Crippen LogP contribution in [0.15, 0.2) is 41.3 Å². The number of carbonyl (C=O) groups is 1. The molecule has 1 unspecified atom stereocenters. The second-order valence-corrected chi connectivity index (χ2v) is 5.44. The van der Waals surface area contributed by atoms with Crippen molar-refractivity contribution in [2.24, 2.45) is 0 Å². The fraction of sp³-hybridized carbons (Fsp3) is 0.375. The number of hydrogen-bond acceptors (Lipinski definition) is 3. The number of piperidine rings is 1. The standard InChI is InChI=1S/C16H19N3O2.ClH/c20-15-7-9-19(14-6-2-1-5-13(14)15)11-16(21)18-12-4-3-8-17-10-12;/h1-2,5-7,9,12,17H,3-4,8,10-11H2,(H,18,21);1H. The summed E-state index contributed by atoms with van der Waals surface area (Å²) in [5, 5.41) is 6.97. The summed E-state index contributed by atoms with van der Waals surface area (Å²) in [6, 6.07) is 9.08. The van der Waals surface area contributed by atoms with Crippen molar-refractivity contribution >= 4 is 29.2 Å². The van der Waals surface area contributed by atoms with Crippen molar-refractivity contribution in [2.75, 3.05) is 13.1 Å². The van der Waals surface area contributed by atoms with E-state index >= 15 is 0 Å². The lowest BCUT2D eigenvalue weighted by molar-refractivity contribution is -0.122. The summed E-state index contributed by atoms with van der Waals surface area (Å²) in [4.78, 5) is 24.0. The van der Waals surface area contributed by atoms with Gasteiger partial charge in [0.05, 0.1) is 5.52 Å². The summed E-state index contributed by atoms with van der Waals surface area (Å²) >= 11 is 0. The summed E-state index contributed by atoms with van der Waals surface area (Å²) in [5.74, 6) is -0.0162. The van der Waals surface area contributed by atoms with Crippen LogP contribution in [-0.2, 0) is 11.3 Å². The van der Waals surface area contributed by atoms with E-state index in [1.807, 2.05) is 22.8 Å². The predicted molar refractivity (Wildman–Crippen MR) is 89.5 cm³/mol. The van der Waals surface area contributed by atoms with Crippen LogP contribution in [0.2, 0.25) is 0 Å². The van der Waals surface area contributed by atoms with Gasteiger partial charge in [-0.1, -0.05) is 12.1 Å². The zero-order valence-electron chi connectivity index (χ0n) is 12.2. The molecule has 6 heteroatoms. The smallest absolute Gasteiger partial charge is 0.240 e. The molecule has 1 aliphatic rings. The third kappa shape index (κ3) is 3.67. The fourth-order valence-electron chi connectivity index (χ4n) is 2.80. The van der Waals surface area contributed by atoms with Gasteiger partial charge in [0.1, 0.15) is 6.54 Å². The Bertz CT molecular complexity index is 708. The van der Waals surface area contributed by atoms with Crippen LogP contribution in [0.1, 0.15) is 12.8 Å². The van der Waals surface area contributed by atoms with E-state index in [1.54, 1.807) is 12.3 Å². The molecule has 0 spiro atoms. The molecule has 1 saturated heterocycles. The van der Waals surface area contributed by atoms with Crippen LogP contribution in [0.4, 0.5) is 0 Å². The van der Waals surface area contributed by atoms with E-state index in [0.717, 1.165) is 31.4 Å². The molecule has 3 rings (SSSR count). The third-order valence-corrected chi connectivity index (χ3v) is 3.86. The average Bonchev–Trinajstić information content (AvgIpc) is 2.51. The van der Waals surface area contributed by atoms with Gasteiger partial charge in [0.15, 0.2) is 5.43 Å². The number of aromatic nitrogens is 1. The van der Waals surface area contributed by atoms with Crippen LogP contribution >= 0.6 is 12.4 Å². The Hall–Kier alpha value is -1.85. The SMILES string of the molecule is Cl.O=C(Cn1ccc(=O)c2ccccc21)NC1CCCNC1. The Balaban J connectivity index is 0.00000176. The van der Waals surface area contributed by atoms with Crippen molar-refractivity contribution in [3.05, 3.63) is 46.8 Å². The van der Waals surface area contributed by atoms with E-state index in [-0.39, 0.29) is 36.3 Å². The van der Waals surface area contributed by atoms with Gasteiger partial charge in [0.2, 0.25) is 5.91 Å². The lowest BCUT2D eigenvalue weighted by atomic mass is 10.1. The second kappa shape index (κ2) is 7.42. The Morgan fingerprint density at radius 2 is 2.14 bits per heavy atom. The minimum Gasteiger partial charge on any atom is -0.351 e. The van der Waals surface area contributed by atoms with Gasteiger partial charge in [-0.05, 0) is 31.5 Å². The van der Waals surface area contributed by atoms with Gasteiger partial charge in [-0.2, -0.15) is 0 Å². The van der Waals surface area contributed by atoms with Gasteiger partial charge in [-0.15, -0.1) is 12.4 Å². The number of amides is 1. The molecule has 2 aromatic rings. The first kappa shape index (κ1) is 16.5. The first-order chi connectivity index (χ1) is 10.2. The highest BCUT2D eigenvalue weighted by Crippen LogP contribution is 2.09. The maximum atomic E-state index is 12.2. The molecular formula is C16H20ClN3O2. The lowest BCUT2D eigenvalue weighted by Crippen LogP contribution is -2.46. The molecule has 0 bridgehead atoms. The molecule has 1 amide bonds. The Kier molecular flexibility index (Phi) is 5.57. The molecule has 1 fully saturated rings.